The summed E-state index contributed by atoms with van der Waals surface area (Å²) >= 11 is 0. The van der Waals surface area contributed by atoms with Gasteiger partial charge in [0, 0.05) is 42.1 Å². The van der Waals surface area contributed by atoms with Gasteiger partial charge < -0.3 is 9.88 Å². The van der Waals surface area contributed by atoms with Gasteiger partial charge in [0.05, 0.1) is 12.1 Å². The third-order valence-corrected chi connectivity index (χ3v) is 5.07. The van der Waals surface area contributed by atoms with Crippen LogP contribution in [0.4, 0.5) is 4.39 Å². The fourth-order valence-corrected chi connectivity index (χ4v) is 3.65. The Morgan fingerprint density at radius 1 is 1.06 bits per heavy atom. The topological polar surface area (TPSA) is 59.8 Å². The van der Waals surface area contributed by atoms with Crippen molar-refractivity contribution in [3.63, 3.8) is 0 Å². The Labute approximate surface area is 186 Å². The molecule has 5 nitrogen and oxygen atoms in total. The SMILES string of the molecule is Cc1ncccc1-c1cc2cccnc2n1CCCNC(=O)Cc1cccc(F)c1.Cl. The molecule has 0 aliphatic carbocycles. The Morgan fingerprint density at radius 3 is 2.68 bits per heavy atom. The summed E-state index contributed by atoms with van der Waals surface area (Å²) in [4.78, 5) is 21.1. The van der Waals surface area contributed by atoms with Crippen LogP contribution in [0.15, 0.2) is 67.0 Å². The minimum absolute atomic E-state index is 0. The first-order chi connectivity index (χ1) is 14.6. The van der Waals surface area contributed by atoms with Crippen LogP contribution in [0, 0.1) is 12.7 Å². The molecule has 0 aliphatic heterocycles. The van der Waals surface area contributed by atoms with E-state index in [-0.39, 0.29) is 30.6 Å². The van der Waals surface area contributed by atoms with E-state index in [9.17, 15) is 9.18 Å². The quantitative estimate of drug-likeness (QED) is 0.425. The molecule has 160 valence electrons. The zero-order chi connectivity index (χ0) is 20.9. The third kappa shape index (κ3) is 5.27. The van der Waals surface area contributed by atoms with E-state index in [1.807, 2.05) is 19.1 Å². The highest BCUT2D eigenvalue weighted by molar-refractivity contribution is 5.85. The highest BCUT2D eigenvalue weighted by Gasteiger charge is 2.13. The van der Waals surface area contributed by atoms with Gasteiger partial charge in [-0.1, -0.05) is 12.1 Å². The Balaban J connectivity index is 0.00000272. The number of nitrogens with one attached hydrogen (secondary N) is 1. The molecule has 7 heteroatoms. The largest absolute Gasteiger partial charge is 0.356 e. The molecule has 4 aromatic rings. The maximum Gasteiger partial charge on any atom is 0.224 e. The van der Waals surface area contributed by atoms with E-state index in [0.29, 0.717) is 18.7 Å². The molecule has 0 saturated carbocycles. The third-order valence-electron chi connectivity index (χ3n) is 5.07. The summed E-state index contributed by atoms with van der Waals surface area (Å²) < 4.78 is 15.4. The van der Waals surface area contributed by atoms with Gasteiger partial charge in [-0.2, -0.15) is 0 Å². The van der Waals surface area contributed by atoms with Crippen molar-refractivity contribution in [2.24, 2.45) is 0 Å². The molecule has 3 heterocycles. The van der Waals surface area contributed by atoms with Crippen LogP contribution in [0.5, 0.6) is 0 Å². The van der Waals surface area contributed by atoms with Crippen LogP contribution in [0.1, 0.15) is 17.7 Å². The number of hydrogen-bond acceptors (Lipinski definition) is 3. The van der Waals surface area contributed by atoms with Gasteiger partial charge in [0.2, 0.25) is 5.91 Å². The highest BCUT2D eigenvalue weighted by atomic mass is 35.5. The van der Waals surface area contributed by atoms with E-state index in [0.717, 1.165) is 34.4 Å². The monoisotopic (exact) mass is 438 g/mol. The van der Waals surface area contributed by atoms with Crippen molar-refractivity contribution in [2.45, 2.75) is 26.3 Å². The van der Waals surface area contributed by atoms with Crippen LogP contribution < -0.4 is 5.32 Å². The number of halogens is 2. The fraction of sp³-hybridized carbons (Fsp3) is 0.208. The normalized spacial score (nSPS) is 10.6. The van der Waals surface area contributed by atoms with Crippen molar-refractivity contribution < 1.29 is 9.18 Å². The first-order valence-corrected chi connectivity index (χ1v) is 9.99. The first kappa shape index (κ1) is 22.4. The standard InChI is InChI=1S/C24H23FN4O.ClH/c1-17-21(9-4-10-26-17)22-16-19-7-3-11-28-24(19)29(22)13-5-12-27-23(30)15-18-6-2-8-20(25)14-18;/h2-4,6-11,14,16H,5,12-13,15H2,1H3,(H,27,30);1H. The molecule has 0 fully saturated rings. The van der Waals surface area contributed by atoms with Crippen LogP contribution in [0.25, 0.3) is 22.3 Å². The Morgan fingerprint density at radius 2 is 1.87 bits per heavy atom. The Hall–Kier alpha value is -3.25. The van der Waals surface area contributed by atoms with Crippen molar-refractivity contribution in [3.8, 4) is 11.3 Å². The van der Waals surface area contributed by atoms with Gasteiger partial charge in [0.25, 0.3) is 0 Å². The lowest BCUT2D eigenvalue weighted by molar-refractivity contribution is -0.120. The zero-order valence-electron chi connectivity index (χ0n) is 17.2. The molecule has 0 unspecified atom stereocenters. The Bertz CT molecular complexity index is 1190. The highest BCUT2D eigenvalue weighted by Crippen LogP contribution is 2.28. The predicted molar refractivity (Wildman–Crippen MR) is 123 cm³/mol. The number of rotatable bonds is 7. The molecule has 0 bridgehead atoms. The minimum Gasteiger partial charge on any atom is -0.356 e. The second-order valence-electron chi connectivity index (χ2n) is 7.24. The van der Waals surface area contributed by atoms with Crippen LogP contribution in [-0.4, -0.2) is 27.0 Å². The number of benzene rings is 1. The predicted octanol–water partition coefficient (Wildman–Crippen LogP) is 4.72. The molecule has 0 radical (unpaired) electrons. The van der Waals surface area contributed by atoms with E-state index < -0.39 is 0 Å². The van der Waals surface area contributed by atoms with E-state index in [1.165, 1.54) is 12.1 Å². The van der Waals surface area contributed by atoms with Gasteiger partial charge in [0.15, 0.2) is 0 Å². The van der Waals surface area contributed by atoms with Crippen molar-refractivity contribution in [3.05, 3.63) is 84.1 Å². The summed E-state index contributed by atoms with van der Waals surface area (Å²) in [6.07, 6.45) is 4.51. The van der Waals surface area contributed by atoms with Crippen molar-refractivity contribution in [1.29, 1.82) is 0 Å². The van der Waals surface area contributed by atoms with Crippen molar-refractivity contribution >= 4 is 29.3 Å². The summed E-state index contributed by atoms with van der Waals surface area (Å²) in [7, 11) is 0. The smallest absolute Gasteiger partial charge is 0.224 e. The molecule has 1 aromatic carbocycles. The number of fused-ring (bicyclic) bond motifs is 1. The molecule has 0 saturated heterocycles. The molecule has 0 aliphatic rings. The minimum atomic E-state index is -0.328. The van der Waals surface area contributed by atoms with Crippen LogP contribution in [0.2, 0.25) is 0 Å². The fourth-order valence-electron chi connectivity index (χ4n) is 3.65. The summed E-state index contributed by atoms with van der Waals surface area (Å²) in [5.41, 5.74) is 4.69. The zero-order valence-corrected chi connectivity index (χ0v) is 18.0. The Kier molecular flexibility index (Phi) is 7.36. The molecular formula is C24H24ClFN4O. The van der Waals surface area contributed by atoms with Crippen LogP contribution >= 0.6 is 12.4 Å². The number of aromatic nitrogens is 3. The lowest BCUT2D eigenvalue weighted by Gasteiger charge is -2.12. The molecule has 0 atom stereocenters. The number of carbonyl (C=O) groups excluding carboxylic acids is 1. The van der Waals surface area contributed by atoms with Gasteiger partial charge in [-0.15, -0.1) is 12.4 Å². The average molecular weight is 439 g/mol. The van der Waals surface area contributed by atoms with Crippen LogP contribution in [-0.2, 0) is 17.8 Å². The maximum absolute atomic E-state index is 13.3. The van der Waals surface area contributed by atoms with E-state index in [4.69, 9.17) is 0 Å². The summed E-state index contributed by atoms with van der Waals surface area (Å²) in [5, 5.41) is 4.00. The second kappa shape index (κ2) is 10.2. The van der Waals surface area contributed by atoms with Crippen molar-refractivity contribution in [1.82, 2.24) is 19.9 Å². The number of aryl methyl sites for hydroxylation is 2. The second-order valence-corrected chi connectivity index (χ2v) is 7.24. The van der Waals surface area contributed by atoms with Gasteiger partial charge in [-0.3, -0.25) is 9.78 Å². The van der Waals surface area contributed by atoms with Crippen LogP contribution in [0.3, 0.4) is 0 Å². The number of amides is 1. The molecule has 31 heavy (non-hydrogen) atoms. The first-order valence-electron chi connectivity index (χ1n) is 9.99. The number of nitrogens with zero attached hydrogens (tertiary/aromatic N) is 3. The molecular weight excluding hydrogens is 415 g/mol. The number of pyridine rings is 2. The molecule has 1 amide bonds. The van der Waals surface area contributed by atoms with E-state index in [2.05, 4.69) is 38.1 Å². The molecule has 3 aromatic heterocycles. The van der Waals surface area contributed by atoms with Gasteiger partial charge >= 0.3 is 0 Å². The van der Waals surface area contributed by atoms with E-state index in [1.54, 1.807) is 24.5 Å². The lowest BCUT2D eigenvalue weighted by atomic mass is 10.1. The van der Waals surface area contributed by atoms with Crippen molar-refractivity contribution in [2.75, 3.05) is 6.54 Å². The molecule has 0 spiro atoms. The summed E-state index contributed by atoms with van der Waals surface area (Å²) in [6.45, 7) is 3.24. The molecule has 1 N–H and O–H groups in total. The van der Waals surface area contributed by atoms with Gasteiger partial charge in [0.1, 0.15) is 11.5 Å². The summed E-state index contributed by atoms with van der Waals surface area (Å²) in [6, 6.07) is 16.2. The van der Waals surface area contributed by atoms with E-state index >= 15 is 0 Å². The van der Waals surface area contributed by atoms with Gasteiger partial charge in [-0.25, -0.2) is 9.37 Å². The average Bonchev–Trinajstić information content (AvgIpc) is 3.10. The van der Waals surface area contributed by atoms with Gasteiger partial charge in [-0.05, 0) is 61.4 Å². The number of carbonyl (C=O) groups is 1. The lowest BCUT2D eigenvalue weighted by Crippen LogP contribution is -2.26. The maximum atomic E-state index is 13.3. The number of hydrogen-bond donors (Lipinski definition) is 1. The molecule has 4 rings (SSSR count). The summed E-state index contributed by atoms with van der Waals surface area (Å²) in [5.74, 6) is -0.440.